The van der Waals surface area contributed by atoms with Crippen molar-refractivity contribution in [2.24, 2.45) is 5.14 Å². The molecular weight excluding hydrogens is 280 g/mol. The first kappa shape index (κ1) is 13.5. The van der Waals surface area contributed by atoms with Gasteiger partial charge in [0.1, 0.15) is 4.90 Å². The molecule has 0 radical (unpaired) electrons. The Hall–Kier alpha value is -1.51. The molecular formula is C12H16N4O3S. The highest BCUT2D eigenvalue weighted by atomic mass is 32.2. The van der Waals surface area contributed by atoms with Gasteiger partial charge in [0.2, 0.25) is 10.0 Å². The summed E-state index contributed by atoms with van der Waals surface area (Å²) in [6, 6.07) is 1.78. The van der Waals surface area contributed by atoms with Crippen LogP contribution in [0.2, 0.25) is 0 Å². The van der Waals surface area contributed by atoms with E-state index in [1.165, 1.54) is 12.3 Å². The Morgan fingerprint density at radius 3 is 2.75 bits per heavy atom. The molecule has 0 amide bonds. The fourth-order valence-corrected chi connectivity index (χ4v) is 2.97. The van der Waals surface area contributed by atoms with Crippen LogP contribution in [0.15, 0.2) is 17.2 Å². The topological polar surface area (TPSA) is 100 Å². The van der Waals surface area contributed by atoms with Crippen LogP contribution in [0.5, 0.6) is 0 Å². The zero-order valence-corrected chi connectivity index (χ0v) is 11.9. The van der Waals surface area contributed by atoms with Crippen LogP contribution >= 0.6 is 0 Å². The van der Waals surface area contributed by atoms with Crippen molar-refractivity contribution >= 4 is 21.1 Å². The van der Waals surface area contributed by atoms with E-state index in [1.54, 1.807) is 0 Å². The van der Waals surface area contributed by atoms with Crippen molar-refractivity contribution in [1.82, 2.24) is 14.8 Å². The quantitative estimate of drug-likeness (QED) is 0.881. The average Bonchev–Trinajstić information content (AvgIpc) is 2.76. The van der Waals surface area contributed by atoms with Gasteiger partial charge in [0.25, 0.3) is 0 Å². The minimum atomic E-state index is -3.75. The van der Waals surface area contributed by atoms with Gasteiger partial charge in [-0.2, -0.15) is 5.10 Å². The predicted octanol–water partition coefficient (Wildman–Crippen LogP) is 0.739. The number of nitrogens with zero attached hydrogens (tertiary/aromatic N) is 3. The summed E-state index contributed by atoms with van der Waals surface area (Å²) in [4.78, 5) is 4.26. The van der Waals surface area contributed by atoms with Gasteiger partial charge in [-0.1, -0.05) is 0 Å². The third-order valence-corrected chi connectivity index (χ3v) is 4.45. The Bertz CT molecular complexity index is 747. The summed E-state index contributed by atoms with van der Waals surface area (Å²) in [6.07, 6.45) is 3.05. The molecule has 2 aromatic heterocycles. The molecule has 0 aliphatic carbocycles. The molecule has 1 fully saturated rings. The number of pyridine rings is 1. The molecule has 1 aliphatic rings. The summed E-state index contributed by atoms with van der Waals surface area (Å²) in [6.45, 7) is 3.26. The molecule has 3 heterocycles. The number of aromatic nitrogens is 3. The molecule has 3 rings (SSSR count). The van der Waals surface area contributed by atoms with Gasteiger partial charge < -0.3 is 4.74 Å². The summed E-state index contributed by atoms with van der Waals surface area (Å²) in [5.41, 5.74) is 1.45. The van der Waals surface area contributed by atoms with Gasteiger partial charge in [0.15, 0.2) is 5.65 Å². The minimum Gasteiger partial charge on any atom is -0.381 e. The second-order valence-electron chi connectivity index (χ2n) is 4.96. The van der Waals surface area contributed by atoms with Crippen LogP contribution in [-0.4, -0.2) is 36.4 Å². The number of nitrogens with two attached hydrogens (primary N) is 1. The maximum absolute atomic E-state index is 11.4. The van der Waals surface area contributed by atoms with Crippen LogP contribution in [0.1, 0.15) is 24.6 Å². The molecule has 1 aliphatic heterocycles. The van der Waals surface area contributed by atoms with Crippen molar-refractivity contribution in [1.29, 1.82) is 0 Å². The molecule has 0 atom stereocenters. The van der Waals surface area contributed by atoms with Crippen LogP contribution in [0, 0.1) is 6.92 Å². The minimum absolute atomic E-state index is 0.0135. The zero-order chi connectivity index (χ0) is 14.3. The second kappa shape index (κ2) is 4.80. The van der Waals surface area contributed by atoms with Crippen LogP contribution in [0.25, 0.3) is 11.0 Å². The molecule has 108 valence electrons. The lowest BCUT2D eigenvalue weighted by atomic mass is 10.1. The number of rotatable bonds is 2. The summed E-state index contributed by atoms with van der Waals surface area (Å²) in [5.74, 6) is 0. The molecule has 0 aromatic carbocycles. The molecule has 0 saturated carbocycles. The van der Waals surface area contributed by atoms with E-state index in [-0.39, 0.29) is 10.9 Å². The molecule has 8 heteroatoms. The van der Waals surface area contributed by atoms with Crippen molar-refractivity contribution in [3.05, 3.63) is 18.0 Å². The highest BCUT2D eigenvalue weighted by molar-refractivity contribution is 7.89. The number of ether oxygens (including phenoxy) is 1. The third-order valence-electron chi connectivity index (χ3n) is 3.57. The molecule has 0 bridgehead atoms. The number of hydrogen-bond donors (Lipinski definition) is 1. The van der Waals surface area contributed by atoms with Gasteiger partial charge in [-0.25, -0.2) is 23.2 Å². The maximum atomic E-state index is 11.4. The number of hydrogen-bond acceptors (Lipinski definition) is 5. The fourth-order valence-electron chi connectivity index (χ4n) is 2.49. The molecule has 20 heavy (non-hydrogen) atoms. The van der Waals surface area contributed by atoms with Gasteiger partial charge in [-0.15, -0.1) is 0 Å². The first-order valence-corrected chi connectivity index (χ1v) is 7.97. The third kappa shape index (κ3) is 2.30. The fraction of sp³-hybridized carbons (Fsp3) is 0.500. The Balaban J connectivity index is 2.12. The molecule has 7 nitrogen and oxygen atoms in total. The Kier molecular flexibility index (Phi) is 3.23. The lowest BCUT2D eigenvalue weighted by molar-refractivity contribution is 0.0672. The number of primary sulfonamides is 1. The summed E-state index contributed by atoms with van der Waals surface area (Å²) in [7, 11) is -3.75. The van der Waals surface area contributed by atoms with Gasteiger partial charge in [-0.3, -0.25) is 0 Å². The Labute approximate surface area is 116 Å². The van der Waals surface area contributed by atoms with E-state index in [0.717, 1.165) is 23.9 Å². The number of aryl methyl sites for hydroxylation is 1. The Morgan fingerprint density at radius 2 is 2.10 bits per heavy atom. The van der Waals surface area contributed by atoms with E-state index in [1.807, 2.05) is 11.6 Å². The summed E-state index contributed by atoms with van der Waals surface area (Å²) < 4.78 is 30.0. The number of sulfonamides is 1. The van der Waals surface area contributed by atoms with Crippen molar-refractivity contribution in [2.75, 3.05) is 13.2 Å². The maximum Gasteiger partial charge on any atom is 0.239 e. The first-order valence-electron chi connectivity index (χ1n) is 6.42. The second-order valence-corrected chi connectivity index (χ2v) is 6.52. The highest BCUT2D eigenvalue weighted by Crippen LogP contribution is 2.27. The van der Waals surface area contributed by atoms with Crippen LogP contribution in [0.4, 0.5) is 0 Å². The van der Waals surface area contributed by atoms with Crippen molar-refractivity contribution in [3.8, 4) is 0 Å². The first-order chi connectivity index (χ1) is 9.47. The van der Waals surface area contributed by atoms with Gasteiger partial charge in [0, 0.05) is 24.8 Å². The molecule has 0 unspecified atom stereocenters. The SMILES string of the molecule is Cc1nn(C2CCOCC2)c2ncc(S(N)(=O)=O)cc12. The van der Waals surface area contributed by atoms with E-state index in [0.29, 0.717) is 18.9 Å². The van der Waals surface area contributed by atoms with E-state index in [2.05, 4.69) is 10.1 Å². The van der Waals surface area contributed by atoms with Crippen LogP contribution < -0.4 is 5.14 Å². The van der Waals surface area contributed by atoms with E-state index in [4.69, 9.17) is 9.88 Å². The summed E-state index contributed by atoms with van der Waals surface area (Å²) >= 11 is 0. The van der Waals surface area contributed by atoms with Gasteiger partial charge in [-0.05, 0) is 25.8 Å². The largest absolute Gasteiger partial charge is 0.381 e. The molecule has 0 spiro atoms. The predicted molar refractivity (Wildman–Crippen MR) is 72.7 cm³/mol. The highest BCUT2D eigenvalue weighted by Gasteiger charge is 2.21. The lowest BCUT2D eigenvalue weighted by Gasteiger charge is -2.22. The van der Waals surface area contributed by atoms with Crippen molar-refractivity contribution in [3.63, 3.8) is 0 Å². The van der Waals surface area contributed by atoms with Gasteiger partial charge in [0.05, 0.1) is 11.7 Å². The zero-order valence-electron chi connectivity index (χ0n) is 11.1. The molecule has 2 N–H and O–H groups in total. The monoisotopic (exact) mass is 296 g/mol. The Morgan fingerprint density at radius 1 is 1.40 bits per heavy atom. The van der Waals surface area contributed by atoms with E-state index in [9.17, 15) is 8.42 Å². The average molecular weight is 296 g/mol. The molecule has 1 saturated heterocycles. The van der Waals surface area contributed by atoms with Crippen molar-refractivity contribution < 1.29 is 13.2 Å². The van der Waals surface area contributed by atoms with Crippen LogP contribution in [-0.2, 0) is 14.8 Å². The molecule has 2 aromatic rings. The van der Waals surface area contributed by atoms with E-state index < -0.39 is 10.0 Å². The van der Waals surface area contributed by atoms with E-state index >= 15 is 0 Å². The van der Waals surface area contributed by atoms with Crippen molar-refractivity contribution in [2.45, 2.75) is 30.7 Å². The van der Waals surface area contributed by atoms with Gasteiger partial charge >= 0.3 is 0 Å². The lowest BCUT2D eigenvalue weighted by Crippen LogP contribution is -2.20. The smallest absolute Gasteiger partial charge is 0.239 e. The number of fused-ring (bicyclic) bond motifs is 1. The summed E-state index contributed by atoms with van der Waals surface area (Å²) in [5, 5.41) is 10.4. The standard InChI is InChI=1S/C12H16N4O3S/c1-8-11-6-10(20(13,17)18)7-14-12(11)16(15-8)9-2-4-19-5-3-9/h6-7,9H,2-5H2,1H3,(H2,13,17,18). The van der Waals surface area contributed by atoms with Crippen LogP contribution in [0.3, 0.4) is 0 Å². The normalized spacial score (nSPS) is 17.7.